The van der Waals surface area contributed by atoms with Crippen LogP contribution in [0.4, 0.5) is 14.5 Å². The number of hydrogen-bond donors (Lipinski definition) is 1. The van der Waals surface area contributed by atoms with E-state index in [2.05, 4.69) is 10.1 Å². The minimum atomic E-state index is -3.00. The van der Waals surface area contributed by atoms with Crippen molar-refractivity contribution in [3.63, 3.8) is 0 Å². The zero-order valence-corrected chi connectivity index (χ0v) is 12.3. The number of esters is 1. The number of anilines is 1. The molecule has 0 aliphatic heterocycles. The Morgan fingerprint density at radius 2 is 2.09 bits per heavy atom. The smallest absolute Gasteiger partial charge is 0.387 e. The molecule has 1 aromatic carbocycles. The maximum Gasteiger partial charge on any atom is 0.387 e. The van der Waals surface area contributed by atoms with Crippen LogP contribution in [0, 0.1) is 5.92 Å². The van der Waals surface area contributed by atoms with Crippen molar-refractivity contribution in [3.8, 4) is 5.75 Å². The molecule has 23 heavy (non-hydrogen) atoms. The summed E-state index contributed by atoms with van der Waals surface area (Å²) in [5.41, 5.74) is 0.0903. The second kappa shape index (κ2) is 8.26. The van der Waals surface area contributed by atoms with Gasteiger partial charge in [0.05, 0.1) is 12.1 Å². The number of benzene rings is 1. The lowest BCUT2D eigenvalue weighted by atomic mass is 10.1. The fourth-order valence-electron chi connectivity index (χ4n) is 2.24. The molecule has 7 heteroatoms. The maximum absolute atomic E-state index is 12.3. The van der Waals surface area contributed by atoms with E-state index >= 15 is 0 Å². The van der Waals surface area contributed by atoms with Crippen LogP contribution in [0.3, 0.4) is 0 Å². The number of para-hydroxylation sites is 2. The van der Waals surface area contributed by atoms with Gasteiger partial charge in [0, 0.05) is 0 Å². The summed E-state index contributed by atoms with van der Waals surface area (Å²) < 4.78 is 33.7. The van der Waals surface area contributed by atoms with E-state index in [1.807, 2.05) is 12.2 Å². The summed E-state index contributed by atoms with van der Waals surface area (Å²) in [6.07, 6.45) is 6.04. The van der Waals surface area contributed by atoms with Crippen molar-refractivity contribution >= 4 is 17.6 Å². The average molecular weight is 325 g/mol. The fraction of sp³-hybridized carbons (Fsp3) is 0.375. The highest BCUT2D eigenvalue weighted by Gasteiger charge is 2.17. The molecule has 1 N–H and O–H groups in total. The zero-order chi connectivity index (χ0) is 16.7. The standard InChI is InChI=1S/C16H17F2NO4/c17-16(18)23-13-8-4-3-7-12(13)19-14(20)10-22-15(21)9-11-5-1-2-6-11/h1,3-5,7-8,11,16H,2,6,9-10H2,(H,19,20)/t11-/m0/s1. The molecule has 1 aliphatic carbocycles. The zero-order valence-electron chi connectivity index (χ0n) is 12.3. The highest BCUT2D eigenvalue weighted by molar-refractivity contribution is 5.94. The van der Waals surface area contributed by atoms with Gasteiger partial charge in [-0.25, -0.2) is 0 Å². The summed E-state index contributed by atoms with van der Waals surface area (Å²) in [6.45, 7) is -3.47. The average Bonchev–Trinajstić information content (AvgIpc) is 2.99. The number of alkyl halides is 2. The van der Waals surface area contributed by atoms with Crippen LogP contribution in [0.25, 0.3) is 0 Å². The van der Waals surface area contributed by atoms with Gasteiger partial charge < -0.3 is 14.8 Å². The fourth-order valence-corrected chi connectivity index (χ4v) is 2.24. The van der Waals surface area contributed by atoms with Crippen LogP contribution in [0.5, 0.6) is 5.75 Å². The van der Waals surface area contributed by atoms with E-state index in [1.165, 1.54) is 18.2 Å². The van der Waals surface area contributed by atoms with Gasteiger partial charge in [0.2, 0.25) is 0 Å². The van der Waals surface area contributed by atoms with Crippen LogP contribution in [0.2, 0.25) is 0 Å². The maximum atomic E-state index is 12.3. The number of carbonyl (C=O) groups is 2. The number of halogens is 2. The number of amides is 1. The summed E-state index contributed by atoms with van der Waals surface area (Å²) in [7, 11) is 0. The molecule has 1 amide bonds. The third-order valence-corrected chi connectivity index (χ3v) is 3.28. The highest BCUT2D eigenvalue weighted by Crippen LogP contribution is 2.25. The van der Waals surface area contributed by atoms with Gasteiger partial charge in [0.1, 0.15) is 5.75 Å². The molecule has 5 nitrogen and oxygen atoms in total. The predicted octanol–water partition coefficient (Wildman–Crippen LogP) is 3.13. The molecule has 1 aromatic rings. The van der Waals surface area contributed by atoms with Crippen molar-refractivity contribution < 1.29 is 27.8 Å². The van der Waals surface area contributed by atoms with E-state index < -0.39 is 25.1 Å². The number of hydrogen-bond acceptors (Lipinski definition) is 4. The van der Waals surface area contributed by atoms with Gasteiger partial charge in [0.15, 0.2) is 6.61 Å². The van der Waals surface area contributed by atoms with Crippen molar-refractivity contribution in [3.05, 3.63) is 36.4 Å². The van der Waals surface area contributed by atoms with Gasteiger partial charge in [-0.15, -0.1) is 0 Å². The van der Waals surface area contributed by atoms with Gasteiger partial charge in [0.25, 0.3) is 5.91 Å². The molecule has 0 radical (unpaired) electrons. The van der Waals surface area contributed by atoms with Crippen LogP contribution < -0.4 is 10.1 Å². The monoisotopic (exact) mass is 325 g/mol. The van der Waals surface area contributed by atoms with Crippen LogP contribution in [-0.4, -0.2) is 25.1 Å². The second-order valence-corrected chi connectivity index (χ2v) is 5.05. The number of allylic oxidation sites excluding steroid dienone is 2. The van der Waals surface area contributed by atoms with Gasteiger partial charge in [-0.3, -0.25) is 9.59 Å². The first-order chi connectivity index (χ1) is 11.0. The Bertz CT molecular complexity index is 589. The lowest BCUT2D eigenvalue weighted by Crippen LogP contribution is -2.22. The second-order valence-electron chi connectivity index (χ2n) is 5.05. The molecule has 0 heterocycles. The van der Waals surface area contributed by atoms with E-state index in [4.69, 9.17) is 4.74 Å². The third kappa shape index (κ3) is 5.69. The Hall–Kier alpha value is -2.44. The predicted molar refractivity (Wildman–Crippen MR) is 79.1 cm³/mol. The van der Waals surface area contributed by atoms with Crippen molar-refractivity contribution in [1.82, 2.24) is 0 Å². The molecule has 2 rings (SSSR count). The minimum absolute atomic E-state index is 0.0903. The van der Waals surface area contributed by atoms with Crippen molar-refractivity contribution in [1.29, 1.82) is 0 Å². The van der Waals surface area contributed by atoms with Crippen LogP contribution in [0.1, 0.15) is 19.3 Å². The largest absolute Gasteiger partial charge is 0.456 e. The summed E-state index contributed by atoms with van der Waals surface area (Å²) in [5.74, 6) is -1.08. The molecule has 1 atom stereocenters. The molecule has 0 unspecified atom stereocenters. The normalized spacial score (nSPS) is 16.4. The Kier molecular flexibility index (Phi) is 6.08. The van der Waals surface area contributed by atoms with Crippen LogP contribution in [-0.2, 0) is 14.3 Å². The number of carbonyl (C=O) groups excluding carboxylic acids is 2. The molecule has 0 bridgehead atoms. The van der Waals surface area contributed by atoms with E-state index in [-0.39, 0.29) is 23.8 Å². The SMILES string of the molecule is O=C(COC(=O)C[C@H]1C=CCC1)Nc1ccccc1OC(F)F. The first kappa shape index (κ1) is 16.9. The molecular formula is C16H17F2NO4. The van der Waals surface area contributed by atoms with Gasteiger partial charge >= 0.3 is 12.6 Å². The van der Waals surface area contributed by atoms with Gasteiger partial charge in [-0.05, 0) is 30.9 Å². The van der Waals surface area contributed by atoms with Gasteiger partial charge in [-0.1, -0.05) is 24.3 Å². The van der Waals surface area contributed by atoms with Crippen molar-refractivity contribution in [2.24, 2.45) is 5.92 Å². The summed E-state index contributed by atoms with van der Waals surface area (Å²) in [5, 5.41) is 2.38. The van der Waals surface area contributed by atoms with E-state index in [9.17, 15) is 18.4 Å². The summed E-state index contributed by atoms with van der Waals surface area (Å²) >= 11 is 0. The van der Waals surface area contributed by atoms with Crippen molar-refractivity contribution in [2.75, 3.05) is 11.9 Å². The Morgan fingerprint density at radius 1 is 1.30 bits per heavy atom. The molecule has 0 spiro atoms. The number of nitrogens with one attached hydrogen (secondary N) is 1. The van der Waals surface area contributed by atoms with E-state index in [1.54, 1.807) is 6.07 Å². The van der Waals surface area contributed by atoms with Gasteiger partial charge in [-0.2, -0.15) is 8.78 Å². The third-order valence-electron chi connectivity index (χ3n) is 3.28. The molecule has 0 fully saturated rings. The molecule has 0 saturated carbocycles. The highest BCUT2D eigenvalue weighted by atomic mass is 19.3. The summed E-state index contributed by atoms with van der Waals surface area (Å²) in [6, 6.07) is 5.79. The number of ether oxygens (including phenoxy) is 2. The summed E-state index contributed by atoms with van der Waals surface area (Å²) in [4.78, 5) is 23.4. The van der Waals surface area contributed by atoms with Crippen LogP contribution >= 0.6 is 0 Å². The number of rotatable bonds is 7. The lowest BCUT2D eigenvalue weighted by molar-refractivity contribution is -0.147. The molecular weight excluding hydrogens is 308 g/mol. The Balaban J connectivity index is 1.80. The lowest BCUT2D eigenvalue weighted by Gasteiger charge is -2.12. The molecule has 0 aromatic heterocycles. The molecule has 0 saturated heterocycles. The van der Waals surface area contributed by atoms with Crippen molar-refractivity contribution in [2.45, 2.75) is 25.9 Å². The Morgan fingerprint density at radius 3 is 2.78 bits per heavy atom. The van der Waals surface area contributed by atoms with E-state index in [0.29, 0.717) is 0 Å². The molecule has 124 valence electrons. The first-order valence-electron chi connectivity index (χ1n) is 7.20. The van der Waals surface area contributed by atoms with E-state index in [0.717, 1.165) is 12.8 Å². The Labute approximate surface area is 132 Å². The quantitative estimate of drug-likeness (QED) is 0.618. The molecule has 1 aliphatic rings. The topological polar surface area (TPSA) is 64.6 Å². The minimum Gasteiger partial charge on any atom is -0.456 e. The van der Waals surface area contributed by atoms with Crippen LogP contribution in [0.15, 0.2) is 36.4 Å². The first-order valence-corrected chi connectivity index (χ1v) is 7.20.